The number of anilines is 1. The van der Waals surface area contributed by atoms with Gasteiger partial charge in [0.2, 0.25) is 5.91 Å². The molecule has 1 aromatic heterocycles. The van der Waals surface area contributed by atoms with Gasteiger partial charge in [0.25, 0.3) is 0 Å². The molecule has 1 saturated carbocycles. The molecule has 1 aliphatic heterocycles. The first kappa shape index (κ1) is 23.3. The van der Waals surface area contributed by atoms with Gasteiger partial charge in [0.05, 0.1) is 12.8 Å². The largest absolute Gasteiger partial charge is 0.465 e. The first-order valence-electron chi connectivity index (χ1n) is 11.8. The van der Waals surface area contributed by atoms with Crippen molar-refractivity contribution >= 4 is 28.9 Å². The van der Waals surface area contributed by atoms with Gasteiger partial charge in [-0.3, -0.25) is 4.79 Å². The van der Waals surface area contributed by atoms with Crippen LogP contribution in [0.5, 0.6) is 0 Å². The average molecular weight is 466 g/mol. The number of amides is 1. The molecule has 7 heteroatoms. The molecule has 33 heavy (non-hydrogen) atoms. The standard InChI is InChI=1S/C26H31N3O3S/c1-18-8-10-20(11-9-18)25(30)29(21-12-14-28(17-27)15-13-21)22-16-23(19-6-4-3-5-7-19)33-24(22)26(31)32-2/h3-7,16,18,20-21H,8-15H2,1-2H3. The summed E-state index contributed by atoms with van der Waals surface area (Å²) in [6.45, 7) is 3.49. The smallest absolute Gasteiger partial charge is 0.350 e. The number of carbonyl (C=O) groups is 2. The number of thiophene rings is 1. The second-order valence-corrected chi connectivity index (χ2v) is 10.2. The summed E-state index contributed by atoms with van der Waals surface area (Å²) in [7, 11) is 1.38. The van der Waals surface area contributed by atoms with E-state index in [0.29, 0.717) is 42.4 Å². The number of nitriles is 1. The number of nitrogens with zero attached hydrogens (tertiary/aromatic N) is 3. The van der Waals surface area contributed by atoms with Crippen LogP contribution >= 0.6 is 11.3 Å². The Kier molecular flexibility index (Phi) is 7.34. The molecule has 4 rings (SSSR count). The van der Waals surface area contributed by atoms with Gasteiger partial charge in [-0.25, -0.2) is 4.79 Å². The van der Waals surface area contributed by atoms with Crippen molar-refractivity contribution in [3.05, 3.63) is 41.3 Å². The molecule has 0 unspecified atom stereocenters. The van der Waals surface area contributed by atoms with Gasteiger partial charge in [-0.05, 0) is 56.1 Å². The normalized spacial score (nSPS) is 21.3. The molecular weight excluding hydrogens is 434 g/mol. The van der Waals surface area contributed by atoms with Crippen LogP contribution in [0.25, 0.3) is 10.4 Å². The number of benzene rings is 1. The predicted octanol–water partition coefficient (Wildman–Crippen LogP) is 5.31. The van der Waals surface area contributed by atoms with Crippen LogP contribution < -0.4 is 4.90 Å². The lowest BCUT2D eigenvalue weighted by Gasteiger charge is -2.39. The van der Waals surface area contributed by atoms with E-state index < -0.39 is 5.97 Å². The van der Waals surface area contributed by atoms with Crippen LogP contribution in [-0.2, 0) is 9.53 Å². The summed E-state index contributed by atoms with van der Waals surface area (Å²) in [6, 6.07) is 11.9. The van der Waals surface area contributed by atoms with E-state index in [1.807, 2.05) is 41.3 Å². The zero-order chi connectivity index (χ0) is 23.4. The highest BCUT2D eigenvalue weighted by Crippen LogP contribution is 2.41. The summed E-state index contributed by atoms with van der Waals surface area (Å²) >= 11 is 1.38. The highest BCUT2D eigenvalue weighted by atomic mass is 32.1. The summed E-state index contributed by atoms with van der Waals surface area (Å²) in [4.78, 5) is 31.8. The van der Waals surface area contributed by atoms with Gasteiger partial charge < -0.3 is 14.5 Å². The number of hydrogen-bond acceptors (Lipinski definition) is 6. The van der Waals surface area contributed by atoms with Crippen molar-refractivity contribution < 1.29 is 14.3 Å². The second kappa shape index (κ2) is 10.4. The van der Waals surface area contributed by atoms with Crippen LogP contribution in [0.3, 0.4) is 0 Å². The molecule has 1 saturated heterocycles. The summed E-state index contributed by atoms with van der Waals surface area (Å²) in [5.41, 5.74) is 1.67. The maximum atomic E-state index is 14.0. The van der Waals surface area contributed by atoms with Crippen molar-refractivity contribution in [1.82, 2.24) is 4.90 Å². The predicted molar refractivity (Wildman–Crippen MR) is 130 cm³/mol. The molecule has 2 heterocycles. The number of hydrogen-bond donors (Lipinski definition) is 0. The Morgan fingerprint density at radius 3 is 2.36 bits per heavy atom. The number of likely N-dealkylation sites (tertiary alicyclic amines) is 1. The Morgan fingerprint density at radius 1 is 1.09 bits per heavy atom. The lowest BCUT2D eigenvalue weighted by atomic mass is 9.82. The van der Waals surface area contributed by atoms with E-state index >= 15 is 0 Å². The third-order valence-corrected chi connectivity index (χ3v) is 8.13. The van der Waals surface area contributed by atoms with Crippen molar-refractivity contribution in [2.45, 2.75) is 51.5 Å². The summed E-state index contributed by atoms with van der Waals surface area (Å²) in [5, 5.41) is 9.28. The fourth-order valence-electron chi connectivity index (χ4n) is 4.97. The van der Waals surface area contributed by atoms with Gasteiger partial charge in [0, 0.05) is 29.9 Å². The third-order valence-electron chi connectivity index (χ3n) is 6.97. The molecule has 1 amide bonds. The molecule has 0 bridgehead atoms. The molecule has 2 fully saturated rings. The minimum Gasteiger partial charge on any atom is -0.465 e. The van der Waals surface area contributed by atoms with E-state index in [2.05, 4.69) is 13.1 Å². The molecule has 2 aromatic rings. The van der Waals surface area contributed by atoms with Crippen molar-refractivity contribution in [3.63, 3.8) is 0 Å². The second-order valence-electron chi connectivity index (χ2n) is 9.17. The monoisotopic (exact) mass is 465 g/mol. The van der Waals surface area contributed by atoms with E-state index in [4.69, 9.17) is 4.74 Å². The van der Waals surface area contributed by atoms with Crippen LogP contribution in [-0.4, -0.2) is 43.0 Å². The van der Waals surface area contributed by atoms with Gasteiger partial charge >= 0.3 is 5.97 Å². The van der Waals surface area contributed by atoms with E-state index in [-0.39, 0.29) is 17.9 Å². The molecule has 0 radical (unpaired) electrons. The maximum absolute atomic E-state index is 14.0. The number of ether oxygens (including phenoxy) is 1. The molecule has 6 nitrogen and oxygen atoms in total. The lowest BCUT2D eigenvalue weighted by molar-refractivity contribution is -0.124. The maximum Gasteiger partial charge on any atom is 0.350 e. The zero-order valence-electron chi connectivity index (χ0n) is 19.3. The summed E-state index contributed by atoms with van der Waals surface area (Å²) < 4.78 is 5.12. The minimum absolute atomic E-state index is 0.0271. The van der Waals surface area contributed by atoms with E-state index in [1.54, 1.807) is 4.90 Å². The average Bonchev–Trinajstić information content (AvgIpc) is 3.30. The zero-order valence-corrected chi connectivity index (χ0v) is 20.1. The molecular formula is C26H31N3O3S. The fourth-order valence-corrected chi connectivity index (χ4v) is 6.04. The fraction of sp³-hybridized carbons (Fsp3) is 0.500. The highest BCUT2D eigenvalue weighted by molar-refractivity contribution is 7.18. The number of carbonyl (C=O) groups excluding carboxylic acids is 2. The number of piperidine rings is 1. The van der Waals surface area contributed by atoms with Gasteiger partial charge in [-0.1, -0.05) is 37.3 Å². The number of methoxy groups -OCH3 is 1. The topological polar surface area (TPSA) is 73.6 Å². The first-order valence-corrected chi connectivity index (χ1v) is 12.6. The molecule has 0 N–H and O–H groups in total. The molecule has 0 atom stereocenters. The van der Waals surface area contributed by atoms with Crippen molar-refractivity contribution in [3.8, 4) is 16.6 Å². The van der Waals surface area contributed by atoms with Crippen LogP contribution in [0.15, 0.2) is 36.4 Å². The van der Waals surface area contributed by atoms with Crippen molar-refractivity contribution in [1.29, 1.82) is 5.26 Å². The van der Waals surface area contributed by atoms with E-state index in [1.165, 1.54) is 18.4 Å². The van der Waals surface area contributed by atoms with Crippen molar-refractivity contribution in [2.75, 3.05) is 25.1 Å². The molecule has 174 valence electrons. The Balaban J connectivity index is 1.74. The number of rotatable bonds is 5. The Labute approximate surface area is 199 Å². The molecule has 1 aliphatic carbocycles. The van der Waals surface area contributed by atoms with Crippen LogP contribution in [0.2, 0.25) is 0 Å². The highest BCUT2D eigenvalue weighted by Gasteiger charge is 2.37. The quantitative estimate of drug-likeness (QED) is 0.442. The van der Waals surface area contributed by atoms with Crippen molar-refractivity contribution in [2.24, 2.45) is 11.8 Å². The SMILES string of the molecule is COC(=O)c1sc(-c2ccccc2)cc1N(C(=O)C1CCC(C)CC1)C1CCN(C#N)CC1. The minimum atomic E-state index is -0.415. The molecule has 0 spiro atoms. The van der Waals surface area contributed by atoms with E-state index in [0.717, 1.165) is 36.1 Å². The van der Waals surface area contributed by atoms with Crippen LogP contribution in [0.4, 0.5) is 5.69 Å². The summed E-state index contributed by atoms with van der Waals surface area (Å²) in [5.74, 6) is 0.320. The lowest BCUT2D eigenvalue weighted by Crippen LogP contribution is -2.49. The van der Waals surface area contributed by atoms with Gasteiger partial charge in [-0.15, -0.1) is 11.3 Å². The summed E-state index contributed by atoms with van der Waals surface area (Å²) in [6.07, 6.45) is 7.52. The van der Waals surface area contributed by atoms with Crippen LogP contribution in [0.1, 0.15) is 55.1 Å². The Bertz CT molecular complexity index is 1010. The Hall–Kier alpha value is -2.85. The van der Waals surface area contributed by atoms with Gasteiger partial charge in [-0.2, -0.15) is 5.26 Å². The molecule has 1 aromatic carbocycles. The third kappa shape index (κ3) is 5.06. The van der Waals surface area contributed by atoms with Gasteiger partial charge in [0.1, 0.15) is 4.88 Å². The van der Waals surface area contributed by atoms with E-state index in [9.17, 15) is 14.9 Å². The van der Waals surface area contributed by atoms with Gasteiger partial charge in [0.15, 0.2) is 6.19 Å². The van der Waals surface area contributed by atoms with Crippen LogP contribution in [0, 0.1) is 23.3 Å². The Morgan fingerprint density at radius 2 is 1.76 bits per heavy atom. The first-order chi connectivity index (χ1) is 16.0. The number of esters is 1. The molecule has 2 aliphatic rings.